The molecule has 1 heterocycles. The molecule has 0 saturated carbocycles. The van der Waals surface area contributed by atoms with E-state index in [4.69, 9.17) is 0 Å². The maximum Gasteiger partial charge on any atom is 0.209 e. The molecular formula is C10H19NO. The number of likely N-dealkylation sites (tertiary alicyclic amines) is 1. The van der Waals surface area contributed by atoms with Crippen molar-refractivity contribution < 1.29 is 4.79 Å². The first-order valence-electron chi connectivity index (χ1n) is 4.86. The topological polar surface area (TPSA) is 20.3 Å². The predicted molar refractivity (Wildman–Crippen MR) is 49.8 cm³/mol. The summed E-state index contributed by atoms with van der Waals surface area (Å²) in [6.45, 7) is 7.64. The second-order valence-corrected chi connectivity index (χ2v) is 4.22. The molecule has 0 aromatic rings. The van der Waals surface area contributed by atoms with Crippen LogP contribution >= 0.6 is 0 Å². The first-order chi connectivity index (χ1) is 5.65. The van der Waals surface area contributed by atoms with Crippen molar-refractivity contribution in [2.24, 2.45) is 11.8 Å². The van der Waals surface area contributed by atoms with Crippen LogP contribution in [-0.2, 0) is 4.79 Å². The quantitative estimate of drug-likeness (QED) is 0.578. The maximum absolute atomic E-state index is 10.6. The average Bonchev–Trinajstić information content (AvgIpc) is 2.04. The number of nitrogens with zero attached hydrogens (tertiary/aromatic N) is 1. The number of hydrogen-bond acceptors (Lipinski definition) is 1. The normalized spacial score (nSPS) is 30.8. The molecule has 2 atom stereocenters. The van der Waals surface area contributed by atoms with Crippen molar-refractivity contribution in [2.75, 3.05) is 6.54 Å². The highest BCUT2D eigenvalue weighted by atomic mass is 16.1. The standard InChI is InChI=1S/C10H19NO/c1-8(2)10-4-5-11(7-12)9(3)6-10/h7-10H,4-6H2,1-3H3/t9-,10?/m0/s1. The van der Waals surface area contributed by atoms with Crippen LogP contribution in [0.3, 0.4) is 0 Å². The van der Waals surface area contributed by atoms with Gasteiger partial charge in [-0.15, -0.1) is 0 Å². The molecule has 12 heavy (non-hydrogen) atoms. The van der Waals surface area contributed by atoms with Gasteiger partial charge in [-0.1, -0.05) is 13.8 Å². The van der Waals surface area contributed by atoms with Crippen LogP contribution in [0.2, 0.25) is 0 Å². The highest BCUT2D eigenvalue weighted by molar-refractivity contribution is 5.47. The summed E-state index contributed by atoms with van der Waals surface area (Å²) in [7, 11) is 0. The minimum Gasteiger partial charge on any atom is -0.343 e. The molecule has 1 fully saturated rings. The van der Waals surface area contributed by atoms with Gasteiger partial charge in [0.2, 0.25) is 6.41 Å². The smallest absolute Gasteiger partial charge is 0.209 e. The lowest BCUT2D eigenvalue weighted by Gasteiger charge is -2.36. The van der Waals surface area contributed by atoms with E-state index in [9.17, 15) is 4.79 Å². The Morgan fingerprint density at radius 3 is 2.58 bits per heavy atom. The third-order valence-electron chi connectivity index (χ3n) is 3.05. The molecule has 70 valence electrons. The van der Waals surface area contributed by atoms with Gasteiger partial charge in [-0.3, -0.25) is 4.79 Å². The van der Waals surface area contributed by atoms with Gasteiger partial charge < -0.3 is 4.90 Å². The Kier molecular flexibility index (Phi) is 3.12. The third kappa shape index (κ3) is 1.99. The van der Waals surface area contributed by atoms with Crippen molar-refractivity contribution in [1.29, 1.82) is 0 Å². The Bertz CT molecular complexity index is 156. The SMILES string of the molecule is CC(C)C1CCN(C=O)[C@@H](C)C1. The molecule has 0 aromatic heterocycles. The van der Waals surface area contributed by atoms with Crippen molar-refractivity contribution in [3.63, 3.8) is 0 Å². The minimum atomic E-state index is 0.448. The van der Waals surface area contributed by atoms with Gasteiger partial charge in [0.05, 0.1) is 0 Å². The van der Waals surface area contributed by atoms with E-state index in [0.29, 0.717) is 6.04 Å². The first-order valence-corrected chi connectivity index (χ1v) is 4.86. The molecule has 2 nitrogen and oxygen atoms in total. The Morgan fingerprint density at radius 2 is 2.17 bits per heavy atom. The van der Waals surface area contributed by atoms with Crippen molar-refractivity contribution in [3.8, 4) is 0 Å². The van der Waals surface area contributed by atoms with Gasteiger partial charge in [0.1, 0.15) is 0 Å². The van der Waals surface area contributed by atoms with Crippen LogP contribution in [0.1, 0.15) is 33.6 Å². The Labute approximate surface area is 74.9 Å². The lowest BCUT2D eigenvalue weighted by Crippen LogP contribution is -2.40. The molecule has 0 N–H and O–H groups in total. The van der Waals surface area contributed by atoms with Gasteiger partial charge in [0.25, 0.3) is 0 Å². The summed E-state index contributed by atoms with van der Waals surface area (Å²) in [5.41, 5.74) is 0. The van der Waals surface area contributed by atoms with Crippen LogP contribution in [0.5, 0.6) is 0 Å². The number of carbonyl (C=O) groups excluding carboxylic acids is 1. The zero-order chi connectivity index (χ0) is 9.14. The highest BCUT2D eigenvalue weighted by Gasteiger charge is 2.25. The van der Waals surface area contributed by atoms with Gasteiger partial charge in [0.15, 0.2) is 0 Å². The van der Waals surface area contributed by atoms with E-state index < -0.39 is 0 Å². The number of carbonyl (C=O) groups is 1. The van der Waals surface area contributed by atoms with Crippen molar-refractivity contribution in [1.82, 2.24) is 4.90 Å². The fraction of sp³-hybridized carbons (Fsp3) is 0.900. The third-order valence-corrected chi connectivity index (χ3v) is 3.05. The van der Waals surface area contributed by atoms with Crippen LogP contribution in [0.4, 0.5) is 0 Å². The summed E-state index contributed by atoms with van der Waals surface area (Å²) in [5, 5.41) is 0. The van der Waals surface area contributed by atoms with Gasteiger partial charge >= 0.3 is 0 Å². The molecule has 0 radical (unpaired) electrons. The molecule has 1 saturated heterocycles. The summed E-state index contributed by atoms with van der Waals surface area (Å²) >= 11 is 0. The summed E-state index contributed by atoms with van der Waals surface area (Å²) in [5.74, 6) is 1.58. The summed E-state index contributed by atoms with van der Waals surface area (Å²) in [4.78, 5) is 12.5. The fourth-order valence-corrected chi connectivity index (χ4v) is 1.99. The monoisotopic (exact) mass is 169 g/mol. The number of rotatable bonds is 2. The Hall–Kier alpha value is -0.530. The van der Waals surface area contributed by atoms with Gasteiger partial charge in [-0.05, 0) is 31.6 Å². The molecule has 0 bridgehead atoms. The highest BCUT2D eigenvalue weighted by Crippen LogP contribution is 2.27. The van der Waals surface area contributed by atoms with E-state index >= 15 is 0 Å². The molecule has 1 amide bonds. The summed E-state index contributed by atoms with van der Waals surface area (Å²) in [6, 6.07) is 0.448. The number of amides is 1. The molecular weight excluding hydrogens is 150 g/mol. The second kappa shape index (κ2) is 3.92. The van der Waals surface area contributed by atoms with E-state index in [-0.39, 0.29) is 0 Å². The number of piperidine rings is 1. The largest absolute Gasteiger partial charge is 0.343 e. The molecule has 1 unspecified atom stereocenters. The summed E-state index contributed by atoms with van der Waals surface area (Å²) < 4.78 is 0. The molecule has 0 spiro atoms. The van der Waals surface area contributed by atoms with E-state index in [2.05, 4.69) is 20.8 Å². The van der Waals surface area contributed by atoms with E-state index in [0.717, 1.165) is 24.8 Å². The van der Waals surface area contributed by atoms with Crippen LogP contribution in [0.15, 0.2) is 0 Å². The van der Waals surface area contributed by atoms with Crippen LogP contribution in [0, 0.1) is 11.8 Å². The van der Waals surface area contributed by atoms with Crippen molar-refractivity contribution in [2.45, 2.75) is 39.7 Å². The Morgan fingerprint density at radius 1 is 1.50 bits per heavy atom. The predicted octanol–water partition coefficient (Wildman–Crippen LogP) is 1.90. The van der Waals surface area contributed by atoms with Crippen molar-refractivity contribution >= 4 is 6.41 Å². The lowest BCUT2D eigenvalue weighted by molar-refractivity contribution is -0.121. The second-order valence-electron chi connectivity index (χ2n) is 4.22. The lowest BCUT2D eigenvalue weighted by atomic mass is 9.84. The van der Waals surface area contributed by atoms with E-state index in [1.54, 1.807) is 0 Å². The fourth-order valence-electron chi connectivity index (χ4n) is 1.99. The van der Waals surface area contributed by atoms with Gasteiger partial charge in [-0.25, -0.2) is 0 Å². The Balaban J connectivity index is 2.45. The molecule has 1 rings (SSSR count). The zero-order valence-electron chi connectivity index (χ0n) is 8.29. The molecule has 0 aromatic carbocycles. The first kappa shape index (κ1) is 9.56. The molecule has 0 aliphatic carbocycles. The number of hydrogen-bond donors (Lipinski definition) is 0. The van der Waals surface area contributed by atoms with Gasteiger partial charge in [-0.2, -0.15) is 0 Å². The molecule has 1 aliphatic heterocycles. The van der Waals surface area contributed by atoms with Gasteiger partial charge in [0, 0.05) is 12.6 Å². The average molecular weight is 169 g/mol. The van der Waals surface area contributed by atoms with Crippen LogP contribution in [-0.4, -0.2) is 23.9 Å². The maximum atomic E-state index is 10.6. The van der Waals surface area contributed by atoms with E-state index in [1.807, 2.05) is 4.90 Å². The summed E-state index contributed by atoms with van der Waals surface area (Å²) in [6.07, 6.45) is 3.35. The molecule has 2 heteroatoms. The van der Waals surface area contributed by atoms with Crippen LogP contribution in [0.25, 0.3) is 0 Å². The van der Waals surface area contributed by atoms with E-state index in [1.165, 1.54) is 12.8 Å². The zero-order valence-corrected chi connectivity index (χ0v) is 8.29. The minimum absolute atomic E-state index is 0.448. The van der Waals surface area contributed by atoms with Crippen molar-refractivity contribution in [3.05, 3.63) is 0 Å². The van der Waals surface area contributed by atoms with Crippen LogP contribution < -0.4 is 0 Å². The molecule has 1 aliphatic rings.